The lowest BCUT2D eigenvalue weighted by Gasteiger charge is -2.06. The minimum Gasteiger partial charge on any atom is -0.484 e. The molecule has 6 nitrogen and oxygen atoms in total. The largest absolute Gasteiger partial charge is 0.484 e. The standard InChI is InChI=1S/C22H20F2N2O4S/c1-3-18(27)14-4-8-16(9-5-14)29-12-19(28)25-22-26-20(13(2)31-22)15-6-10-17(11-7-15)30-21(23)24/h4-11,21H,3,12H2,1-2H3,(H,25,26,28). The van der Waals surface area contributed by atoms with E-state index in [1.54, 1.807) is 43.3 Å². The Hall–Kier alpha value is -3.33. The van der Waals surface area contributed by atoms with E-state index in [1.165, 1.54) is 23.5 Å². The van der Waals surface area contributed by atoms with E-state index in [-0.39, 0.29) is 24.0 Å². The zero-order valence-electron chi connectivity index (χ0n) is 16.9. The van der Waals surface area contributed by atoms with Crippen molar-refractivity contribution in [1.82, 2.24) is 4.98 Å². The second kappa shape index (κ2) is 10.1. The van der Waals surface area contributed by atoms with E-state index < -0.39 is 6.61 Å². The highest BCUT2D eigenvalue weighted by Crippen LogP contribution is 2.31. The van der Waals surface area contributed by atoms with Gasteiger partial charge >= 0.3 is 6.61 Å². The van der Waals surface area contributed by atoms with Crippen molar-refractivity contribution in [2.45, 2.75) is 26.9 Å². The number of ether oxygens (including phenoxy) is 2. The third-order valence-corrected chi connectivity index (χ3v) is 5.15. The van der Waals surface area contributed by atoms with Gasteiger partial charge in [-0.2, -0.15) is 8.78 Å². The zero-order chi connectivity index (χ0) is 22.4. The highest BCUT2D eigenvalue weighted by molar-refractivity contribution is 7.16. The minimum atomic E-state index is -2.88. The van der Waals surface area contributed by atoms with E-state index in [2.05, 4.69) is 15.0 Å². The van der Waals surface area contributed by atoms with Gasteiger partial charge in [0.2, 0.25) is 0 Å². The first-order valence-corrected chi connectivity index (χ1v) is 10.3. The Bertz CT molecular complexity index is 1050. The topological polar surface area (TPSA) is 77.5 Å². The van der Waals surface area contributed by atoms with Crippen LogP contribution in [0.5, 0.6) is 11.5 Å². The van der Waals surface area contributed by atoms with Gasteiger partial charge < -0.3 is 9.47 Å². The second-order valence-electron chi connectivity index (χ2n) is 6.46. The van der Waals surface area contributed by atoms with E-state index >= 15 is 0 Å². The molecular weight excluding hydrogens is 426 g/mol. The normalized spacial score (nSPS) is 10.7. The molecule has 0 atom stereocenters. The fourth-order valence-corrected chi connectivity index (χ4v) is 3.61. The molecule has 0 aliphatic heterocycles. The lowest BCUT2D eigenvalue weighted by Crippen LogP contribution is -2.20. The first-order valence-electron chi connectivity index (χ1n) is 9.44. The van der Waals surface area contributed by atoms with Gasteiger partial charge in [-0.15, -0.1) is 11.3 Å². The van der Waals surface area contributed by atoms with Gasteiger partial charge in [0, 0.05) is 22.4 Å². The van der Waals surface area contributed by atoms with Gasteiger partial charge in [-0.05, 0) is 55.5 Å². The Labute approximate surface area is 181 Å². The summed E-state index contributed by atoms with van der Waals surface area (Å²) in [6.45, 7) is 0.545. The molecular formula is C22H20F2N2O4S. The van der Waals surface area contributed by atoms with Crippen LogP contribution in [-0.2, 0) is 4.79 Å². The first kappa shape index (κ1) is 22.4. The number of benzene rings is 2. The molecule has 1 heterocycles. The number of thiazole rings is 1. The number of alkyl halides is 2. The molecule has 0 fully saturated rings. The summed E-state index contributed by atoms with van der Waals surface area (Å²) in [5.74, 6) is 0.194. The van der Waals surface area contributed by atoms with E-state index in [4.69, 9.17) is 4.74 Å². The summed E-state index contributed by atoms with van der Waals surface area (Å²) in [6.07, 6.45) is 0.422. The van der Waals surface area contributed by atoms with Crippen LogP contribution in [0.15, 0.2) is 48.5 Å². The number of carbonyl (C=O) groups is 2. The van der Waals surface area contributed by atoms with Gasteiger partial charge in [0.15, 0.2) is 17.5 Å². The lowest BCUT2D eigenvalue weighted by atomic mass is 10.1. The average Bonchev–Trinajstić information content (AvgIpc) is 3.12. The summed E-state index contributed by atoms with van der Waals surface area (Å²) in [7, 11) is 0. The number of amides is 1. The molecule has 0 aliphatic carbocycles. The van der Waals surface area contributed by atoms with Gasteiger partial charge in [-0.25, -0.2) is 4.98 Å². The number of hydrogen-bond acceptors (Lipinski definition) is 6. The predicted molar refractivity (Wildman–Crippen MR) is 114 cm³/mol. The van der Waals surface area contributed by atoms with Crippen molar-refractivity contribution in [2.24, 2.45) is 0 Å². The van der Waals surface area contributed by atoms with Crippen LogP contribution in [0.1, 0.15) is 28.6 Å². The van der Waals surface area contributed by atoms with Crippen molar-refractivity contribution in [2.75, 3.05) is 11.9 Å². The van der Waals surface area contributed by atoms with Crippen LogP contribution in [0, 0.1) is 6.92 Å². The lowest BCUT2D eigenvalue weighted by molar-refractivity contribution is -0.118. The molecule has 1 amide bonds. The summed E-state index contributed by atoms with van der Waals surface area (Å²) in [6, 6.07) is 12.7. The molecule has 1 N–H and O–H groups in total. The summed E-state index contributed by atoms with van der Waals surface area (Å²) >= 11 is 1.29. The Kier molecular flexibility index (Phi) is 7.30. The number of nitrogens with one attached hydrogen (secondary N) is 1. The van der Waals surface area contributed by atoms with Crippen LogP contribution in [-0.4, -0.2) is 29.9 Å². The molecule has 0 saturated heterocycles. The van der Waals surface area contributed by atoms with Crippen LogP contribution in [0.3, 0.4) is 0 Å². The summed E-state index contributed by atoms with van der Waals surface area (Å²) < 4.78 is 34.3. The maximum absolute atomic E-state index is 12.3. The maximum atomic E-state index is 12.3. The van der Waals surface area contributed by atoms with Crippen LogP contribution in [0.4, 0.5) is 13.9 Å². The van der Waals surface area contributed by atoms with E-state index in [0.717, 1.165) is 4.88 Å². The molecule has 0 radical (unpaired) electrons. The fourth-order valence-electron chi connectivity index (χ4n) is 2.76. The van der Waals surface area contributed by atoms with Crippen LogP contribution in [0.25, 0.3) is 11.3 Å². The zero-order valence-corrected chi connectivity index (χ0v) is 17.7. The summed E-state index contributed by atoms with van der Waals surface area (Å²) in [5.41, 5.74) is 1.95. The van der Waals surface area contributed by atoms with E-state index in [1.807, 2.05) is 6.92 Å². The highest BCUT2D eigenvalue weighted by Gasteiger charge is 2.13. The summed E-state index contributed by atoms with van der Waals surface area (Å²) in [4.78, 5) is 29.1. The van der Waals surface area contributed by atoms with Crippen molar-refractivity contribution < 1.29 is 27.8 Å². The Morgan fingerprint density at radius 2 is 1.71 bits per heavy atom. The van der Waals surface area contributed by atoms with Crippen LogP contribution >= 0.6 is 11.3 Å². The molecule has 2 aromatic carbocycles. The first-order chi connectivity index (χ1) is 14.9. The number of aryl methyl sites for hydroxylation is 1. The number of ketones is 1. The third kappa shape index (κ3) is 6.08. The Balaban J connectivity index is 1.58. The van der Waals surface area contributed by atoms with Crippen molar-refractivity contribution >= 4 is 28.2 Å². The van der Waals surface area contributed by atoms with E-state index in [0.29, 0.717) is 34.1 Å². The molecule has 0 unspecified atom stereocenters. The Morgan fingerprint density at radius 1 is 1.06 bits per heavy atom. The summed E-state index contributed by atoms with van der Waals surface area (Å²) in [5, 5.41) is 3.09. The van der Waals surface area contributed by atoms with Gasteiger partial charge in [0.1, 0.15) is 11.5 Å². The van der Waals surface area contributed by atoms with Gasteiger partial charge in [0.05, 0.1) is 5.69 Å². The third-order valence-electron chi connectivity index (χ3n) is 4.26. The van der Waals surface area contributed by atoms with Crippen LogP contribution < -0.4 is 14.8 Å². The van der Waals surface area contributed by atoms with Gasteiger partial charge in [-0.1, -0.05) is 6.92 Å². The molecule has 0 aliphatic rings. The van der Waals surface area contributed by atoms with Crippen molar-refractivity contribution in [1.29, 1.82) is 0 Å². The molecule has 1 aromatic heterocycles. The van der Waals surface area contributed by atoms with Gasteiger partial charge in [-0.3, -0.25) is 14.9 Å². The van der Waals surface area contributed by atoms with Crippen LogP contribution in [0.2, 0.25) is 0 Å². The smallest absolute Gasteiger partial charge is 0.387 e. The number of hydrogen-bond donors (Lipinski definition) is 1. The van der Waals surface area contributed by atoms with Crippen molar-refractivity contribution in [3.63, 3.8) is 0 Å². The fraction of sp³-hybridized carbons (Fsp3) is 0.227. The number of Topliss-reactive ketones (excluding diaryl/α,β-unsaturated/α-hetero) is 1. The number of anilines is 1. The molecule has 3 aromatic rings. The number of nitrogens with zero attached hydrogens (tertiary/aromatic N) is 1. The maximum Gasteiger partial charge on any atom is 0.387 e. The van der Waals surface area contributed by atoms with Gasteiger partial charge in [0.25, 0.3) is 5.91 Å². The minimum absolute atomic E-state index is 0.0374. The number of carbonyl (C=O) groups excluding carboxylic acids is 2. The molecule has 0 spiro atoms. The quantitative estimate of drug-likeness (QED) is 0.450. The number of rotatable bonds is 9. The highest BCUT2D eigenvalue weighted by atomic mass is 32.1. The second-order valence-corrected chi connectivity index (χ2v) is 7.67. The molecule has 162 valence electrons. The SMILES string of the molecule is CCC(=O)c1ccc(OCC(=O)Nc2nc(-c3ccc(OC(F)F)cc3)c(C)s2)cc1. The van der Waals surface area contributed by atoms with Crippen molar-refractivity contribution in [3.8, 4) is 22.8 Å². The molecule has 9 heteroatoms. The molecule has 0 saturated carbocycles. The number of aromatic nitrogens is 1. The van der Waals surface area contributed by atoms with E-state index in [9.17, 15) is 18.4 Å². The predicted octanol–water partition coefficient (Wildman–Crippen LogP) is 5.33. The number of halogens is 2. The average molecular weight is 446 g/mol. The monoisotopic (exact) mass is 446 g/mol. The molecule has 0 bridgehead atoms. The Morgan fingerprint density at radius 3 is 2.32 bits per heavy atom. The molecule has 3 rings (SSSR count). The van der Waals surface area contributed by atoms with Crippen molar-refractivity contribution in [3.05, 3.63) is 59.0 Å². The molecule has 31 heavy (non-hydrogen) atoms.